The lowest BCUT2D eigenvalue weighted by Crippen LogP contribution is -2.23. The van der Waals surface area contributed by atoms with E-state index < -0.39 is 0 Å². The molecular formula is C13H15NO2. The SMILES string of the molecule is OCC(NCc1ccco1)c1ccccc1. The second-order valence-electron chi connectivity index (χ2n) is 3.61. The summed E-state index contributed by atoms with van der Waals surface area (Å²) in [6.45, 7) is 0.692. The molecule has 1 unspecified atom stereocenters. The van der Waals surface area contributed by atoms with E-state index >= 15 is 0 Å². The van der Waals surface area contributed by atoms with Crippen molar-refractivity contribution in [2.75, 3.05) is 6.61 Å². The molecule has 0 aliphatic rings. The summed E-state index contributed by atoms with van der Waals surface area (Å²) in [5.74, 6) is 0.870. The van der Waals surface area contributed by atoms with Crippen LogP contribution in [0.5, 0.6) is 0 Å². The van der Waals surface area contributed by atoms with Crippen molar-refractivity contribution in [3.63, 3.8) is 0 Å². The van der Waals surface area contributed by atoms with Crippen molar-refractivity contribution in [1.82, 2.24) is 5.32 Å². The molecule has 84 valence electrons. The zero-order chi connectivity index (χ0) is 11.2. The second kappa shape index (κ2) is 5.49. The maximum atomic E-state index is 9.31. The first kappa shape index (κ1) is 10.9. The van der Waals surface area contributed by atoms with Crippen LogP contribution in [-0.4, -0.2) is 11.7 Å². The standard InChI is InChI=1S/C13H15NO2/c15-10-13(11-5-2-1-3-6-11)14-9-12-7-4-8-16-12/h1-8,13-15H,9-10H2. The van der Waals surface area contributed by atoms with Crippen LogP contribution in [0.15, 0.2) is 53.1 Å². The Bertz CT molecular complexity index is 397. The molecule has 2 N–H and O–H groups in total. The van der Waals surface area contributed by atoms with Gasteiger partial charge < -0.3 is 14.8 Å². The third kappa shape index (κ3) is 2.72. The van der Waals surface area contributed by atoms with E-state index in [1.807, 2.05) is 42.5 Å². The summed E-state index contributed by atoms with van der Waals surface area (Å²) in [7, 11) is 0. The minimum Gasteiger partial charge on any atom is -0.468 e. The highest BCUT2D eigenvalue weighted by atomic mass is 16.3. The fraction of sp³-hybridized carbons (Fsp3) is 0.231. The lowest BCUT2D eigenvalue weighted by Gasteiger charge is -2.15. The molecule has 1 aromatic heterocycles. The number of nitrogens with one attached hydrogen (secondary N) is 1. The van der Waals surface area contributed by atoms with Crippen molar-refractivity contribution in [1.29, 1.82) is 0 Å². The Labute approximate surface area is 94.7 Å². The molecule has 3 heteroatoms. The highest BCUT2D eigenvalue weighted by Gasteiger charge is 2.09. The van der Waals surface area contributed by atoms with E-state index in [9.17, 15) is 5.11 Å². The molecule has 1 heterocycles. The van der Waals surface area contributed by atoms with E-state index in [1.165, 1.54) is 0 Å². The Hall–Kier alpha value is -1.58. The smallest absolute Gasteiger partial charge is 0.117 e. The highest BCUT2D eigenvalue weighted by Crippen LogP contribution is 2.12. The van der Waals surface area contributed by atoms with Crippen LogP contribution in [0.1, 0.15) is 17.4 Å². The van der Waals surface area contributed by atoms with Crippen LogP contribution >= 0.6 is 0 Å². The maximum Gasteiger partial charge on any atom is 0.117 e. The second-order valence-corrected chi connectivity index (χ2v) is 3.61. The molecular weight excluding hydrogens is 202 g/mol. The van der Waals surface area contributed by atoms with Crippen LogP contribution in [-0.2, 0) is 6.54 Å². The Morgan fingerprint density at radius 3 is 2.56 bits per heavy atom. The zero-order valence-electron chi connectivity index (χ0n) is 8.97. The van der Waals surface area contributed by atoms with Crippen LogP contribution in [0.3, 0.4) is 0 Å². The number of aliphatic hydroxyl groups excluding tert-OH is 1. The van der Waals surface area contributed by atoms with Crippen molar-refractivity contribution in [3.05, 3.63) is 60.1 Å². The molecule has 1 atom stereocenters. The topological polar surface area (TPSA) is 45.4 Å². The van der Waals surface area contributed by atoms with Gasteiger partial charge in [0, 0.05) is 0 Å². The van der Waals surface area contributed by atoms with Gasteiger partial charge in [-0.25, -0.2) is 0 Å². The molecule has 2 aromatic rings. The average Bonchev–Trinajstić information content (AvgIpc) is 2.84. The van der Waals surface area contributed by atoms with Crippen molar-refractivity contribution in [2.45, 2.75) is 12.6 Å². The monoisotopic (exact) mass is 217 g/mol. The van der Waals surface area contributed by atoms with Crippen LogP contribution in [0.2, 0.25) is 0 Å². The van der Waals surface area contributed by atoms with Crippen molar-refractivity contribution >= 4 is 0 Å². The molecule has 0 amide bonds. The van der Waals surface area contributed by atoms with Crippen LogP contribution in [0.4, 0.5) is 0 Å². The van der Waals surface area contributed by atoms with E-state index in [-0.39, 0.29) is 12.6 Å². The van der Waals surface area contributed by atoms with Crippen molar-refractivity contribution < 1.29 is 9.52 Å². The maximum absolute atomic E-state index is 9.31. The van der Waals surface area contributed by atoms with Crippen LogP contribution in [0, 0.1) is 0 Å². The Morgan fingerprint density at radius 2 is 1.94 bits per heavy atom. The number of hydrogen-bond donors (Lipinski definition) is 2. The first-order chi connectivity index (χ1) is 7.90. The highest BCUT2D eigenvalue weighted by molar-refractivity contribution is 5.19. The summed E-state index contributed by atoms with van der Waals surface area (Å²) in [6.07, 6.45) is 1.65. The zero-order valence-corrected chi connectivity index (χ0v) is 8.97. The van der Waals surface area contributed by atoms with Gasteiger partial charge in [0.2, 0.25) is 0 Å². The minimum atomic E-state index is -0.0497. The average molecular weight is 217 g/mol. The first-order valence-electron chi connectivity index (χ1n) is 5.31. The molecule has 0 bridgehead atoms. The van der Waals surface area contributed by atoms with E-state index in [0.717, 1.165) is 11.3 Å². The molecule has 0 saturated heterocycles. The summed E-state index contributed by atoms with van der Waals surface area (Å²) < 4.78 is 5.22. The van der Waals surface area contributed by atoms with Crippen molar-refractivity contribution in [2.24, 2.45) is 0 Å². The minimum absolute atomic E-state index is 0.0497. The number of benzene rings is 1. The number of hydrogen-bond acceptors (Lipinski definition) is 3. The molecule has 3 nitrogen and oxygen atoms in total. The quantitative estimate of drug-likeness (QED) is 0.806. The summed E-state index contributed by atoms with van der Waals surface area (Å²) in [6, 6.07) is 13.6. The fourth-order valence-corrected chi connectivity index (χ4v) is 1.61. The predicted octanol–water partition coefficient (Wildman–Crippen LogP) is 2.10. The summed E-state index contributed by atoms with van der Waals surface area (Å²) in [4.78, 5) is 0. The lowest BCUT2D eigenvalue weighted by atomic mass is 10.1. The Kier molecular flexibility index (Phi) is 3.75. The van der Waals surface area contributed by atoms with E-state index in [2.05, 4.69) is 5.32 Å². The number of rotatable bonds is 5. The molecule has 0 saturated carbocycles. The number of aliphatic hydroxyl groups is 1. The first-order valence-corrected chi connectivity index (χ1v) is 5.31. The Balaban J connectivity index is 1.96. The molecule has 0 fully saturated rings. The van der Waals surface area contributed by atoms with Gasteiger partial charge in [0.25, 0.3) is 0 Å². The normalized spacial score (nSPS) is 12.6. The molecule has 0 spiro atoms. The van der Waals surface area contributed by atoms with Gasteiger partial charge in [-0.2, -0.15) is 0 Å². The van der Waals surface area contributed by atoms with Crippen LogP contribution < -0.4 is 5.32 Å². The van der Waals surface area contributed by atoms with Crippen molar-refractivity contribution in [3.8, 4) is 0 Å². The predicted molar refractivity (Wildman–Crippen MR) is 61.8 cm³/mol. The summed E-state index contributed by atoms with van der Waals surface area (Å²) >= 11 is 0. The molecule has 0 radical (unpaired) electrons. The lowest BCUT2D eigenvalue weighted by molar-refractivity contribution is 0.241. The van der Waals surface area contributed by atoms with Crippen LogP contribution in [0.25, 0.3) is 0 Å². The third-order valence-corrected chi connectivity index (χ3v) is 2.49. The van der Waals surface area contributed by atoms with Gasteiger partial charge in [-0.05, 0) is 17.7 Å². The van der Waals surface area contributed by atoms with E-state index in [1.54, 1.807) is 6.26 Å². The van der Waals surface area contributed by atoms with Gasteiger partial charge in [0.15, 0.2) is 0 Å². The van der Waals surface area contributed by atoms with Gasteiger partial charge >= 0.3 is 0 Å². The van der Waals surface area contributed by atoms with Gasteiger partial charge in [0.05, 0.1) is 25.5 Å². The molecule has 2 rings (SSSR count). The molecule has 0 aliphatic carbocycles. The molecule has 1 aromatic carbocycles. The largest absolute Gasteiger partial charge is 0.468 e. The van der Waals surface area contributed by atoms with Gasteiger partial charge in [-0.3, -0.25) is 0 Å². The number of furan rings is 1. The summed E-state index contributed by atoms with van der Waals surface area (Å²) in [5.41, 5.74) is 1.08. The van der Waals surface area contributed by atoms with Gasteiger partial charge in [0.1, 0.15) is 5.76 Å². The molecule has 16 heavy (non-hydrogen) atoms. The fourth-order valence-electron chi connectivity index (χ4n) is 1.61. The van der Waals surface area contributed by atoms with E-state index in [0.29, 0.717) is 6.54 Å². The van der Waals surface area contributed by atoms with Gasteiger partial charge in [-0.1, -0.05) is 30.3 Å². The van der Waals surface area contributed by atoms with E-state index in [4.69, 9.17) is 4.42 Å². The third-order valence-electron chi connectivity index (χ3n) is 2.49. The summed E-state index contributed by atoms with van der Waals surface area (Å²) in [5, 5.41) is 12.6. The van der Waals surface area contributed by atoms with Gasteiger partial charge in [-0.15, -0.1) is 0 Å². The molecule has 0 aliphatic heterocycles. The Morgan fingerprint density at radius 1 is 1.12 bits per heavy atom.